The zero-order valence-electron chi connectivity index (χ0n) is 12.6. The second-order valence-electron chi connectivity index (χ2n) is 4.93. The van der Waals surface area contributed by atoms with E-state index >= 15 is 0 Å². The van der Waals surface area contributed by atoms with Crippen molar-refractivity contribution < 1.29 is 9.31 Å². The number of anilines is 1. The molecule has 0 radical (unpaired) electrons. The lowest BCUT2D eigenvalue weighted by atomic mass is 10.2. The van der Waals surface area contributed by atoms with Gasteiger partial charge in [0.15, 0.2) is 5.82 Å². The Hall–Kier alpha value is -2.68. The second-order valence-corrected chi connectivity index (χ2v) is 6.04. The third kappa shape index (κ3) is 3.62. The summed E-state index contributed by atoms with van der Waals surface area (Å²) in [7, 11) is 0. The van der Waals surface area contributed by atoms with Gasteiger partial charge in [0.05, 0.1) is 0 Å². The van der Waals surface area contributed by atoms with Crippen molar-refractivity contribution in [3.05, 3.63) is 64.1 Å². The lowest BCUT2D eigenvalue weighted by molar-refractivity contribution is -0.391. The number of benzene rings is 1. The maximum Gasteiger partial charge on any atom is 0.368 e. The van der Waals surface area contributed by atoms with E-state index in [-0.39, 0.29) is 11.6 Å². The first-order valence-electron chi connectivity index (χ1n) is 7.19. The normalized spacial score (nSPS) is 10.9. The highest BCUT2D eigenvalue weighted by molar-refractivity contribution is 7.98. The maximum absolute atomic E-state index is 13.5. The highest BCUT2D eigenvalue weighted by Crippen LogP contribution is 2.16. The zero-order valence-corrected chi connectivity index (χ0v) is 13.4. The lowest BCUT2D eigenvalue weighted by Gasteiger charge is -2.05. The Kier molecular flexibility index (Phi) is 4.90. The van der Waals surface area contributed by atoms with Gasteiger partial charge in [-0.1, -0.05) is 27.8 Å². The highest BCUT2D eigenvalue weighted by Gasteiger charge is 2.15. The number of nitro groups is 1. The van der Waals surface area contributed by atoms with E-state index in [1.165, 1.54) is 16.8 Å². The smallest absolute Gasteiger partial charge is 0.366 e. The molecule has 1 aromatic carbocycles. The minimum Gasteiger partial charge on any atom is -0.366 e. The van der Waals surface area contributed by atoms with Crippen molar-refractivity contribution >= 4 is 29.0 Å². The Morgan fingerprint density at radius 1 is 1.29 bits per heavy atom. The summed E-state index contributed by atoms with van der Waals surface area (Å²) in [6.45, 7) is 0.611. The number of hydrogen-bond donors (Lipinski definition) is 1. The molecule has 0 saturated carbocycles. The number of fused-ring (bicyclic) bond motifs is 1. The van der Waals surface area contributed by atoms with Gasteiger partial charge in [-0.05, 0) is 22.6 Å². The van der Waals surface area contributed by atoms with Crippen LogP contribution in [-0.2, 0) is 5.75 Å². The first-order valence-corrected chi connectivity index (χ1v) is 8.35. The third-order valence-electron chi connectivity index (χ3n) is 3.30. The molecule has 24 heavy (non-hydrogen) atoms. The third-order valence-corrected chi connectivity index (χ3v) is 4.31. The van der Waals surface area contributed by atoms with Crippen molar-refractivity contribution in [3.8, 4) is 0 Å². The number of imidazole rings is 1. The van der Waals surface area contributed by atoms with Gasteiger partial charge in [0.2, 0.25) is 5.65 Å². The Labute approximate surface area is 141 Å². The Morgan fingerprint density at radius 2 is 2.12 bits per heavy atom. The summed E-state index contributed by atoms with van der Waals surface area (Å²) in [6.07, 6.45) is 1.18. The molecule has 0 spiro atoms. The molecule has 2 aromatic heterocycles. The minimum atomic E-state index is -0.527. The van der Waals surface area contributed by atoms with E-state index < -0.39 is 4.92 Å². The number of hydrogen-bond acceptors (Lipinski definition) is 6. The zero-order chi connectivity index (χ0) is 16.9. The van der Waals surface area contributed by atoms with Crippen molar-refractivity contribution in [2.24, 2.45) is 0 Å². The number of rotatable bonds is 7. The van der Waals surface area contributed by atoms with Gasteiger partial charge in [-0.2, -0.15) is 11.8 Å². The minimum absolute atomic E-state index is 0.178. The first-order chi connectivity index (χ1) is 11.6. The van der Waals surface area contributed by atoms with Crippen molar-refractivity contribution in [1.29, 1.82) is 0 Å². The molecular formula is C15H14FN5O2S. The Morgan fingerprint density at radius 3 is 2.92 bits per heavy atom. The molecule has 3 aromatic rings. The molecule has 0 aliphatic heterocycles. The topological polar surface area (TPSA) is 85.4 Å². The summed E-state index contributed by atoms with van der Waals surface area (Å²) >= 11 is 1.60. The number of halogens is 1. The number of nitrogens with one attached hydrogen (secondary N) is 1. The molecule has 1 N–H and O–H groups in total. The van der Waals surface area contributed by atoms with Crippen LogP contribution in [0.25, 0.3) is 5.65 Å². The van der Waals surface area contributed by atoms with Crippen LogP contribution in [0.15, 0.2) is 42.6 Å². The predicted octanol–water partition coefficient (Wildman–Crippen LogP) is 3.12. The van der Waals surface area contributed by atoms with Gasteiger partial charge in [0, 0.05) is 24.1 Å². The van der Waals surface area contributed by atoms with Crippen LogP contribution in [0.1, 0.15) is 5.56 Å². The molecule has 0 aliphatic rings. The number of aromatic nitrogens is 3. The molecule has 0 unspecified atom stereocenters. The molecule has 7 nitrogen and oxygen atoms in total. The SMILES string of the molecule is O=[N+]([O-])c1cnc2ccc(NCCSCc3ccccc3F)nn12. The van der Waals surface area contributed by atoms with Crippen LogP contribution >= 0.6 is 11.8 Å². The van der Waals surface area contributed by atoms with Crippen LogP contribution in [0.3, 0.4) is 0 Å². The van der Waals surface area contributed by atoms with E-state index in [0.29, 0.717) is 29.3 Å². The van der Waals surface area contributed by atoms with Crippen molar-refractivity contribution in [2.45, 2.75) is 5.75 Å². The van der Waals surface area contributed by atoms with Crippen LogP contribution in [0.4, 0.5) is 16.0 Å². The van der Waals surface area contributed by atoms with Crippen LogP contribution in [-0.4, -0.2) is 31.8 Å². The number of thioether (sulfide) groups is 1. The van der Waals surface area contributed by atoms with Crippen LogP contribution in [0.5, 0.6) is 0 Å². The van der Waals surface area contributed by atoms with Crippen molar-refractivity contribution in [3.63, 3.8) is 0 Å². The molecule has 124 valence electrons. The quantitative estimate of drug-likeness (QED) is 0.401. The fourth-order valence-electron chi connectivity index (χ4n) is 2.13. The lowest BCUT2D eigenvalue weighted by Crippen LogP contribution is -2.08. The van der Waals surface area contributed by atoms with Gasteiger partial charge < -0.3 is 15.4 Å². The molecule has 0 amide bonds. The molecule has 9 heteroatoms. The molecule has 2 heterocycles. The number of nitrogens with zero attached hydrogens (tertiary/aromatic N) is 4. The highest BCUT2D eigenvalue weighted by atomic mass is 32.2. The van der Waals surface area contributed by atoms with E-state index in [9.17, 15) is 14.5 Å². The summed E-state index contributed by atoms with van der Waals surface area (Å²) in [5.41, 5.74) is 1.09. The van der Waals surface area contributed by atoms with E-state index in [0.717, 1.165) is 5.75 Å². The van der Waals surface area contributed by atoms with E-state index in [1.807, 2.05) is 6.07 Å². The van der Waals surface area contributed by atoms with E-state index in [4.69, 9.17) is 0 Å². The molecule has 0 fully saturated rings. The molecular weight excluding hydrogens is 333 g/mol. The van der Waals surface area contributed by atoms with Gasteiger partial charge in [-0.25, -0.2) is 9.37 Å². The Balaban J connectivity index is 1.53. The Bertz CT molecular complexity index is 870. The van der Waals surface area contributed by atoms with Crippen molar-refractivity contribution in [2.75, 3.05) is 17.6 Å². The summed E-state index contributed by atoms with van der Waals surface area (Å²) < 4.78 is 14.7. The summed E-state index contributed by atoms with van der Waals surface area (Å²) in [5.74, 6) is 1.49. The second kappa shape index (κ2) is 7.26. The van der Waals surface area contributed by atoms with Crippen LogP contribution < -0.4 is 5.32 Å². The molecule has 3 rings (SSSR count). The van der Waals surface area contributed by atoms with Crippen LogP contribution in [0, 0.1) is 15.9 Å². The average molecular weight is 347 g/mol. The summed E-state index contributed by atoms with van der Waals surface area (Å²) in [4.78, 5) is 14.3. The largest absolute Gasteiger partial charge is 0.368 e. The summed E-state index contributed by atoms with van der Waals surface area (Å²) in [5, 5.41) is 18.2. The van der Waals surface area contributed by atoms with E-state index in [2.05, 4.69) is 15.4 Å². The van der Waals surface area contributed by atoms with Gasteiger partial charge in [-0.3, -0.25) is 0 Å². The van der Waals surface area contributed by atoms with E-state index in [1.54, 1.807) is 36.0 Å². The maximum atomic E-state index is 13.5. The first kappa shape index (κ1) is 16.2. The fraction of sp³-hybridized carbons (Fsp3) is 0.200. The fourth-order valence-corrected chi connectivity index (χ4v) is 2.97. The van der Waals surface area contributed by atoms with Gasteiger partial charge >= 0.3 is 5.82 Å². The van der Waals surface area contributed by atoms with Gasteiger partial charge in [-0.15, -0.1) is 0 Å². The standard InChI is InChI=1S/C15H14FN5O2S/c16-12-4-2-1-3-11(12)10-24-8-7-17-13-5-6-14-18-9-15(21(22)23)20(14)19-13/h1-6,9H,7-8,10H2,(H,17,19). The molecule has 0 atom stereocenters. The van der Waals surface area contributed by atoms with Crippen LogP contribution in [0.2, 0.25) is 0 Å². The summed E-state index contributed by atoms with van der Waals surface area (Å²) in [6, 6.07) is 10.1. The molecule has 0 aliphatic carbocycles. The predicted molar refractivity (Wildman–Crippen MR) is 90.7 cm³/mol. The van der Waals surface area contributed by atoms with Crippen molar-refractivity contribution in [1.82, 2.24) is 14.6 Å². The molecule has 0 saturated heterocycles. The average Bonchev–Trinajstić information content (AvgIpc) is 2.99. The monoisotopic (exact) mass is 347 g/mol. The van der Waals surface area contributed by atoms with Gasteiger partial charge in [0.1, 0.15) is 12.0 Å². The van der Waals surface area contributed by atoms with Gasteiger partial charge in [0.25, 0.3) is 0 Å². The molecule has 0 bridgehead atoms.